The molecule has 3 aromatic carbocycles. The molecule has 0 amide bonds. The van der Waals surface area contributed by atoms with Crippen molar-refractivity contribution in [2.45, 2.75) is 46.4 Å². The highest BCUT2D eigenvalue weighted by Crippen LogP contribution is 2.37. The molecule has 0 aliphatic carbocycles. The van der Waals surface area contributed by atoms with Crippen LogP contribution in [0.4, 0.5) is 4.39 Å². The van der Waals surface area contributed by atoms with Gasteiger partial charge in [-0.3, -0.25) is 9.36 Å². The van der Waals surface area contributed by atoms with Gasteiger partial charge in [0.2, 0.25) is 0 Å². The highest BCUT2D eigenvalue weighted by atomic mass is 79.9. The number of halogens is 2. The zero-order valence-corrected chi connectivity index (χ0v) is 27.8. The summed E-state index contributed by atoms with van der Waals surface area (Å²) in [5.74, 6) is 0.634. The molecule has 1 aliphatic rings. The molecule has 5 rings (SSSR count). The first kappa shape index (κ1) is 32.2. The van der Waals surface area contributed by atoms with Crippen LogP contribution in [0.5, 0.6) is 17.2 Å². The molecule has 0 bridgehead atoms. The standard InChI is InChI=1S/C34H32BrFN2O6S/c1-6-42-33(40)30-20(4)37-34-38(31(30)24-9-7-8-10-26(24)44-19(2)3)32(39)29(45-34)16-22-15-27(41-5)28(17-25(22)35)43-18-21-11-13-23(36)14-12-21/h7-17,19,31H,6,18H2,1-5H3/b29-16+/t31-/m1/s1. The van der Waals surface area contributed by atoms with Crippen molar-refractivity contribution in [2.75, 3.05) is 13.7 Å². The Balaban J connectivity index is 1.60. The van der Waals surface area contributed by atoms with Crippen LogP contribution < -0.4 is 29.1 Å². The quantitative estimate of drug-likeness (QED) is 0.187. The van der Waals surface area contributed by atoms with Crippen LogP contribution >= 0.6 is 27.3 Å². The Labute approximate surface area is 272 Å². The average Bonchev–Trinajstić information content (AvgIpc) is 3.31. The van der Waals surface area contributed by atoms with E-state index in [1.807, 2.05) is 38.1 Å². The molecule has 2 heterocycles. The molecular weight excluding hydrogens is 663 g/mol. The summed E-state index contributed by atoms with van der Waals surface area (Å²) in [5, 5.41) is 0. The van der Waals surface area contributed by atoms with Gasteiger partial charge in [0.05, 0.1) is 35.6 Å². The van der Waals surface area contributed by atoms with E-state index in [4.69, 9.17) is 18.9 Å². The van der Waals surface area contributed by atoms with Gasteiger partial charge in [0.15, 0.2) is 16.3 Å². The van der Waals surface area contributed by atoms with Crippen molar-refractivity contribution in [2.24, 2.45) is 4.99 Å². The molecule has 8 nitrogen and oxygen atoms in total. The summed E-state index contributed by atoms with van der Waals surface area (Å²) < 4.78 is 39.0. The van der Waals surface area contributed by atoms with E-state index < -0.39 is 12.0 Å². The smallest absolute Gasteiger partial charge is 0.338 e. The fourth-order valence-corrected chi connectivity index (χ4v) is 6.44. The number of carbonyl (C=O) groups excluding carboxylic acids is 1. The summed E-state index contributed by atoms with van der Waals surface area (Å²) >= 11 is 4.83. The summed E-state index contributed by atoms with van der Waals surface area (Å²) in [5.41, 5.74) is 2.55. The number of hydrogen-bond donors (Lipinski definition) is 0. The van der Waals surface area contributed by atoms with Gasteiger partial charge in [-0.15, -0.1) is 0 Å². The maximum Gasteiger partial charge on any atom is 0.338 e. The van der Waals surface area contributed by atoms with E-state index in [0.717, 1.165) is 5.56 Å². The minimum absolute atomic E-state index is 0.131. The first-order valence-corrected chi connectivity index (χ1v) is 15.9. The largest absolute Gasteiger partial charge is 0.493 e. The molecule has 11 heteroatoms. The molecule has 4 aromatic rings. The van der Waals surface area contributed by atoms with E-state index >= 15 is 0 Å². The van der Waals surface area contributed by atoms with Crippen molar-refractivity contribution < 1.29 is 28.1 Å². The second kappa shape index (κ2) is 13.8. The number of aromatic nitrogens is 1. The predicted octanol–water partition coefficient (Wildman–Crippen LogP) is 6.07. The van der Waals surface area contributed by atoms with Crippen molar-refractivity contribution in [3.63, 3.8) is 0 Å². The maximum atomic E-state index is 14.2. The number of esters is 1. The fourth-order valence-electron chi connectivity index (χ4n) is 4.97. The van der Waals surface area contributed by atoms with E-state index in [9.17, 15) is 14.0 Å². The van der Waals surface area contributed by atoms with Gasteiger partial charge in [-0.2, -0.15) is 0 Å². The van der Waals surface area contributed by atoms with Crippen molar-refractivity contribution in [3.05, 3.63) is 119 Å². The summed E-state index contributed by atoms with van der Waals surface area (Å²) in [4.78, 5) is 32.6. The Morgan fingerprint density at radius 3 is 2.53 bits per heavy atom. The van der Waals surface area contributed by atoms with Gasteiger partial charge in [0, 0.05) is 10.0 Å². The number of allylic oxidation sites excluding steroid dienone is 1. The van der Waals surface area contributed by atoms with Crippen LogP contribution in [0.2, 0.25) is 0 Å². The second-order valence-electron chi connectivity index (χ2n) is 10.4. The van der Waals surface area contributed by atoms with E-state index in [0.29, 0.717) is 47.9 Å². The lowest BCUT2D eigenvalue weighted by Gasteiger charge is -2.26. The number of methoxy groups -OCH3 is 1. The van der Waals surface area contributed by atoms with Crippen LogP contribution in [0.3, 0.4) is 0 Å². The Morgan fingerprint density at radius 1 is 1.11 bits per heavy atom. The summed E-state index contributed by atoms with van der Waals surface area (Å²) in [6.45, 7) is 7.71. The lowest BCUT2D eigenvalue weighted by molar-refractivity contribution is -0.139. The normalized spacial score (nSPS) is 14.7. The topological polar surface area (TPSA) is 88.4 Å². The van der Waals surface area contributed by atoms with Crippen LogP contribution in [-0.2, 0) is 16.1 Å². The molecular formula is C34H32BrFN2O6S. The number of fused-ring (bicyclic) bond motifs is 1. The molecule has 234 valence electrons. The number of carbonyl (C=O) groups is 1. The highest BCUT2D eigenvalue weighted by Gasteiger charge is 2.35. The third kappa shape index (κ3) is 6.89. The van der Waals surface area contributed by atoms with E-state index in [1.165, 1.54) is 35.1 Å². The monoisotopic (exact) mass is 694 g/mol. The Morgan fingerprint density at radius 2 is 1.84 bits per heavy atom. The Hall–Kier alpha value is -4.22. The summed E-state index contributed by atoms with van der Waals surface area (Å²) in [6, 6.07) is 16.2. The average molecular weight is 696 g/mol. The minimum Gasteiger partial charge on any atom is -0.493 e. The van der Waals surface area contributed by atoms with Crippen LogP contribution in [-0.4, -0.2) is 30.4 Å². The first-order chi connectivity index (χ1) is 21.6. The SMILES string of the molecule is CCOC(=O)C1=C(C)N=c2s/c(=C/c3cc(OC)c(OCc4ccc(F)cc4)cc3Br)c(=O)n2[C@@H]1c1ccccc1OC(C)C. The van der Waals surface area contributed by atoms with Crippen molar-refractivity contribution >= 4 is 39.3 Å². The highest BCUT2D eigenvalue weighted by molar-refractivity contribution is 9.10. The van der Waals surface area contributed by atoms with Crippen LogP contribution in [0.15, 0.2) is 86.2 Å². The zero-order valence-electron chi connectivity index (χ0n) is 25.4. The van der Waals surface area contributed by atoms with Gasteiger partial charge in [-0.05, 0) is 75.2 Å². The van der Waals surface area contributed by atoms with Gasteiger partial charge in [-0.25, -0.2) is 14.2 Å². The molecule has 0 spiro atoms. The van der Waals surface area contributed by atoms with Crippen LogP contribution in [0.1, 0.15) is 50.4 Å². The van der Waals surface area contributed by atoms with Crippen LogP contribution in [0, 0.1) is 5.82 Å². The predicted molar refractivity (Wildman–Crippen MR) is 174 cm³/mol. The summed E-state index contributed by atoms with van der Waals surface area (Å²) in [7, 11) is 1.53. The molecule has 0 saturated carbocycles. The number of hydrogen-bond acceptors (Lipinski definition) is 8. The van der Waals surface area contributed by atoms with Gasteiger partial charge >= 0.3 is 5.97 Å². The van der Waals surface area contributed by atoms with Crippen molar-refractivity contribution in [3.8, 4) is 17.2 Å². The second-order valence-corrected chi connectivity index (χ2v) is 12.3. The number of benzene rings is 3. The first-order valence-electron chi connectivity index (χ1n) is 14.3. The number of thiazole rings is 1. The van der Waals surface area contributed by atoms with E-state index in [1.54, 1.807) is 44.2 Å². The molecule has 0 radical (unpaired) electrons. The third-order valence-corrected chi connectivity index (χ3v) is 8.64. The molecule has 0 fully saturated rings. The van der Waals surface area contributed by atoms with Gasteiger partial charge < -0.3 is 18.9 Å². The minimum atomic E-state index is -0.808. The summed E-state index contributed by atoms with van der Waals surface area (Å²) in [6.07, 6.45) is 1.62. The van der Waals surface area contributed by atoms with Crippen molar-refractivity contribution in [1.82, 2.24) is 4.57 Å². The maximum absolute atomic E-state index is 14.2. The molecule has 45 heavy (non-hydrogen) atoms. The molecule has 1 aliphatic heterocycles. The van der Waals surface area contributed by atoms with Gasteiger partial charge in [-0.1, -0.05) is 57.6 Å². The molecule has 0 unspecified atom stereocenters. The van der Waals surface area contributed by atoms with Crippen molar-refractivity contribution in [1.29, 1.82) is 0 Å². The Bertz CT molecular complexity index is 1950. The van der Waals surface area contributed by atoms with E-state index in [2.05, 4.69) is 20.9 Å². The number of nitrogens with zero attached hydrogens (tertiary/aromatic N) is 2. The molecule has 1 atom stereocenters. The van der Waals surface area contributed by atoms with Gasteiger partial charge in [0.1, 0.15) is 24.2 Å². The van der Waals surface area contributed by atoms with E-state index in [-0.39, 0.29) is 36.3 Å². The third-order valence-electron chi connectivity index (χ3n) is 6.97. The molecule has 0 N–H and O–H groups in total. The number of ether oxygens (including phenoxy) is 4. The fraction of sp³-hybridized carbons (Fsp3) is 0.265. The van der Waals surface area contributed by atoms with Gasteiger partial charge in [0.25, 0.3) is 5.56 Å². The number of rotatable bonds is 10. The molecule has 0 saturated heterocycles. The lowest BCUT2D eigenvalue weighted by Crippen LogP contribution is -2.40. The lowest BCUT2D eigenvalue weighted by atomic mass is 9.95. The van der Waals surface area contributed by atoms with Crippen LogP contribution in [0.25, 0.3) is 6.08 Å². The number of para-hydroxylation sites is 1. The Kier molecular flexibility index (Phi) is 9.89. The molecule has 1 aromatic heterocycles. The zero-order chi connectivity index (χ0) is 32.2.